The van der Waals surface area contributed by atoms with E-state index in [1.54, 1.807) is 6.92 Å². The Hall–Kier alpha value is -4.00. The smallest absolute Gasteiger partial charge is 0.346 e. The first-order valence-electron chi connectivity index (χ1n) is 19.2. The van der Waals surface area contributed by atoms with E-state index < -0.39 is 57.6 Å². The van der Waals surface area contributed by atoms with Crippen molar-refractivity contribution in [3.05, 3.63) is 108 Å². The van der Waals surface area contributed by atoms with Gasteiger partial charge in [0, 0.05) is 20.1 Å². The molecule has 12 nitrogen and oxygen atoms in total. The van der Waals surface area contributed by atoms with Crippen LogP contribution in [0.4, 0.5) is 0 Å². The number of carbonyl (C=O) groups excluding carboxylic acids is 3. The molecule has 14 heteroatoms. The van der Waals surface area contributed by atoms with Crippen molar-refractivity contribution in [2.45, 2.75) is 88.5 Å². The number of esters is 3. The van der Waals surface area contributed by atoms with Crippen LogP contribution in [-0.4, -0.2) is 98.5 Å². The first-order valence-corrected chi connectivity index (χ1v) is 24.5. The second-order valence-electron chi connectivity index (χ2n) is 16.0. The molecule has 5 rings (SSSR count). The van der Waals surface area contributed by atoms with Gasteiger partial charge < -0.3 is 42.0 Å². The summed E-state index contributed by atoms with van der Waals surface area (Å²) in [6.07, 6.45) is -0.238. The summed E-state index contributed by atoms with van der Waals surface area (Å²) in [4.78, 5) is 43.6. The third-order valence-electron chi connectivity index (χ3n) is 10.0. The highest BCUT2D eigenvalue weighted by molar-refractivity contribution is 6.99. The molecule has 3 aromatic carbocycles. The molecule has 2 bridgehead atoms. The van der Waals surface area contributed by atoms with Gasteiger partial charge in [0.25, 0.3) is 8.32 Å². The van der Waals surface area contributed by atoms with E-state index in [-0.39, 0.29) is 50.3 Å². The SMILES string of the molecule is CCOC(=O)[C@@]12C=C(C(=O)OCc3ccccc3)[C@@](CCO[Si](c3ccccc3)(c3ccccc3)C(C)(C)C)(O[C@H](COCOC)[C@@]1(O[Si](C)(C)C)C(=O)OC)O2. The van der Waals surface area contributed by atoms with Crippen LogP contribution in [0.25, 0.3) is 0 Å². The van der Waals surface area contributed by atoms with E-state index in [1.807, 2.05) is 86.4 Å². The molecule has 1 fully saturated rings. The highest BCUT2D eigenvalue weighted by Gasteiger charge is 2.79. The second-order valence-corrected chi connectivity index (χ2v) is 24.8. The predicted octanol–water partition coefficient (Wildman–Crippen LogP) is 5.43. The fourth-order valence-corrected chi connectivity index (χ4v) is 13.7. The Balaban J connectivity index is 1.70. The van der Waals surface area contributed by atoms with Crippen LogP contribution < -0.4 is 10.4 Å². The molecule has 0 amide bonds. The van der Waals surface area contributed by atoms with Crippen LogP contribution >= 0.6 is 0 Å². The lowest BCUT2D eigenvalue weighted by Gasteiger charge is -2.55. The van der Waals surface area contributed by atoms with Gasteiger partial charge >= 0.3 is 17.9 Å². The van der Waals surface area contributed by atoms with Crippen molar-refractivity contribution in [2.75, 3.05) is 40.8 Å². The first kappa shape index (κ1) is 44.1. The van der Waals surface area contributed by atoms with Crippen LogP contribution in [0.1, 0.15) is 39.7 Å². The Morgan fingerprint density at radius 1 is 0.807 bits per heavy atom. The molecule has 0 spiro atoms. The minimum atomic E-state index is -3.13. The molecule has 0 saturated carbocycles. The topological polar surface area (TPSA) is 134 Å². The highest BCUT2D eigenvalue weighted by Crippen LogP contribution is 2.56. The zero-order chi connectivity index (χ0) is 41.5. The molecule has 4 atom stereocenters. The van der Waals surface area contributed by atoms with E-state index in [0.717, 1.165) is 15.9 Å². The standard InChI is InChI=1S/C43H56O12Si2/c1-10-50-38(45)41-28-35(37(44)51-29-32-20-14-11-15-21-32)42(54-41,53-36(30-49-31-47-5)43(41,39(46)48-6)55-56(7,8)9)26-27-52-57(40(2,3)4,33-22-16-12-17-23-33)34-24-18-13-19-25-34/h11-25,28,36H,10,26-27,29-31H2,1-9H3/t36-,41+,42+,43-/m1/s1. The number of hydrogen-bond donors (Lipinski definition) is 0. The van der Waals surface area contributed by atoms with Crippen molar-refractivity contribution in [3.8, 4) is 0 Å². The van der Waals surface area contributed by atoms with Gasteiger partial charge in [-0.1, -0.05) is 112 Å². The molecular formula is C43H56O12Si2. The molecule has 2 aliphatic rings. The molecule has 2 heterocycles. The lowest BCUT2D eigenvalue weighted by molar-refractivity contribution is -0.364. The molecule has 1 saturated heterocycles. The number of carbonyl (C=O) groups is 3. The highest BCUT2D eigenvalue weighted by atomic mass is 28.4. The monoisotopic (exact) mass is 820 g/mol. The van der Waals surface area contributed by atoms with Crippen molar-refractivity contribution in [3.63, 3.8) is 0 Å². The van der Waals surface area contributed by atoms with E-state index >= 15 is 0 Å². The van der Waals surface area contributed by atoms with Gasteiger partial charge in [-0.25, -0.2) is 14.4 Å². The number of rotatable bonds is 18. The van der Waals surface area contributed by atoms with Crippen LogP contribution in [-0.2, 0) is 63.0 Å². The minimum absolute atomic E-state index is 0.0127. The summed E-state index contributed by atoms with van der Waals surface area (Å²) in [5, 5.41) is 1.69. The Labute approximate surface area is 337 Å². The van der Waals surface area contributed by atoms with E-state index in [9.17, 15) is 14.4 Å². The van der Waals surface area contributed by atoms with Crippen LogP contribution in [0, 0.1) is 0 Å². The lowest BCUT2D eigenvalue weighted by Crippen LogP contribution is -2.78. The fourth-order valence-electron chi connectivity index (χ4n) is 7.82. The third-order valence-corrected chi connectivity index (χ3v) is 16.0. The number of fused-ring (bicyclic) bond motifs is 2. The van der Waals surface area contributed by atoms with Gasteiger partial charge in [-0.15, -0.1) is 0 Å². The van der Waals surface area contributed by atoms with Crippen molar-refractivity contribution in [1.29, 1.82) is 0 Å². The van der Waals surface area contributed by atoms with Crippen molar-refractivity contribution < 1.29 is 56.4 Å². The summed E-state index contributed by atoms with van der Waals surface area (Å²) in [5.74, 6) is -4.80. The van der Waals surface area contributed by atoms with E-state index in [2.05, 4.69) is 45.0 Å². The zero-order valence-electron chi connectivity index (χ0n) is 34.5. The molecule has 0 aliphatic carbocycles. The average Bonchev–Trinajstić information content (AvgIpc) is 3.49. The summed E-state index contributed by atoms with van der Waals surface area (Å²) in [6, 6.07) is 29.4. The summed E-state index contributed by atoms with van der Waals surface area (Å²) >= 11 is 0. The quantitative estimate of drug-likeness (QED) is 0.0533. The van der Waals surface area contributed by atoms with Gasteiger partial charge in [-0.2, -0.15) is 0 Å². The van der Waals surface area contributed by atoms with Crippen LogP contribution in [0.2, 0.25) is 24.7 Å². The van der Waals surface area contributed by atoms with Crippen LogP contribution in [0.15, 0.2) is 103 Å². The van der Waals surface area contributed by atoms with E-state index in [1.165, 1.54) is 20.3 Å². The summed E-state index contributed by atoms with van der Waals surface area (Å²) in [6.45, 7) is 12.9. The Morgan fingerprint density at radius 3 is 1.89 bits per heavy atom. The maximum absolute atomic E-state index is 14.6. The summed E-state index contributed by atoms with van der Waals surface area (Å²) < 4.78 is 55.9. The molecule has 0 aromatic heterocycles. The number of benzene rings is 3. The third kappa shape index (κ3) is 8.59. The average molecular weight is 821 g/mol. The molecule has 2 aliphatic heterocycles. The molecule has 0 radical (unpaired) electrons. The number of hydrogen-bond acceptors (Lipinski definition) is 12. The van der Waals surface area contributed by atoms with Gasteiger partial charge in [0.1, 0.15) is 19.5 Å². The van der Waals surface area contributed by atoms with Gasteiger partial charge in [0.2, 0.25) is 17.0 Å². The second kappa shape index (κ2) is 17.9. The van der Waals surface area contributed by atoms with Crippen LogP contribution in [0.5, 0.6) is 0 Å². The maximum Gasteiger partial charge on any atom is 0.346 e. The van der Waals surface area contributed by atoms with Crippen LogP contribution in [0.3, 0.4) is 0 Å². The number of methoxy groups -OCH3 is 2. The first-order chi connectivity index (χ1) is 27.1. The molecule has 0 N–H and O–H groups in total. The Morgan fingerprint density at radius 2 is 1.39 bits per heavy atom. The van der Waals surface area contributed by atoms with Crippen molar-refractivity contribution >= 4 is 44.9 Å². The van der Waals surface area contributed by atoms with E-state index in [0.29, 0.717) is 0 Å². The van der Waals surface area contributed by atoms with Crippen molar-refractivity contribution in [1.82, 2.24) is 0 Å². The maximum atomic E-state index is 14.6. The Kier molecular flexibility index (Phi) is 13.8. The number of ether oxygens (including phenoxy) is 7. The minimum Gasteiger partial charge on any atom is -0.467 e. The molecular weight excluding hydrogens is 765 g/mol. The Bertz CT molecular complexity index is 1820. The van der Waals surface area contributed by atoms with Gasteiger partial charge in [0.05, 0.1) is 25.9 Å². The normalized spacial score (nSPS) is 23.4. The van der Waals surface area contributed by atoms with Gasteiger partial charge in [-0.05, 0) is 53.6 Å². The fraction of sp³-hybridized carbons (Fsp3) is 0.465. The molecule has 57 heavy (non-hydrogen) atoms. The molecule has 0 unspecified atom stereocenters. The summed E-state index contributed by atoms with van der Waals surface area (Å²) in [7, 11) is -3.34. The molecule has 3 aromatic rings. The predicted molar refractivity (Wildman–Crippen MR) is 218 cm³/mol. The van der Waals surface area contributed by atoms with E-state index in [4.69, 9.17) is 42.0 Å². The zero-order valence-corrected chi connectivity index (χ0v) is 36.5. The van der Waals surface area contributed by atoms with Gasteiger partial charge in [0.15, 0.2) is 8.32 Å². The largest absolute Gasteiger partial charge is 0.467 e. The lowest BCUT2D eigenvalue weighted by atomic mass is 9.77. The van der Waals surface area contributed by atoms with Gasteiger partial charge in [-0.3, -0.25) is 0 Å². The molecule has 308 valence electrons. The van der Waals surface area contributed by atoms with Crippen molar-refractivity contribution in [2.24, 2.45) is 0 Å². The summed E-state index contributed by atoms with van der Waals surface area (Å²) in [5.41, 5.74) is -4.15.